The van der Waals surface area contributed by atoms with E-state index in [-0.39, 0.29) is 22.6 Å². The molecule has 0 aliphatic heterocycles. The van der Waals surface area contributed by atoms with E-state index in [4.69, 9.17) is 5.11 Å². The molecule has 0 aromatic heterocycles. The maximum atomic E-state index is 11.1. The highest BCUT2D eigenvalue weighted by Gasteiger charge is 2.12. The number of carbonyl (C=O) groups is 2. The third kappa shape index (κ3) is 1.64. The molecule has 0 saturated heterocycles. The van der Waals surface area contributed by atoms with Crippen LogP contribution in [0.15, 0.2) is 24.8 Å². The topological polar surface area (TPSA) is 74.6 Å². The van der Waals surface area contributed by atoms with E-state index in [9.17, 15) is 14.7 Å². The normalized spacial score (nSPS) is 9.43. The summed E-state index contributed by atoms with van der Waals surface area (Å²) in [4.78, 5) is 21.6. The first-order chi connectivity index (χ1) is 6.60. The van der Waals surface area contributed by atoms with Gasteiger partial charge in [0.1, 0.15) is 11.5 Å². The van der Waals surface area contributed by atoms with Crippen molar-refractivity contribution in [1.82, 2.24) is 0 Å². The minimum absolute atomic E-state index is 0.0481. The monoisotopic (exact) mass is 192 g/mol. The number of phenols is 2. The molecule has 2 N–H and O–H groups in total. The van der Waals surface area contributed by atoms with Gasteiger partial charge in [0.15, 0.2) is 12.1 Å². The minimum Gasteiger partial charge on any atom is -0.507 e. The highest BCUT2D eigenvalue weighted by Crippen LogP contribution is 2.26. The molecule has 1 rings (SSSR count). The van der Waals surface area contributed by atoms with Gasteiger partial charge in [0.05, 0.1) is 11.1 Å². The highest BCUT2D eigenvalue weighted by molar-refractivity contribution is 6.07. The fraction of sp³-hybridized carbons (Fsp3) is 0. The summed E-state index contributed by atoms with van der Waals surface area (Å²) in [5.41, 5.74) is -0.104. The predicted molar refractivity (Wildman–Crippen MR) is 49.7 cm³/mol. The fourth-order valence-electron chi connectivity index (χ4n) is 0.996. The highest BCUT2D eigenvalue weighted by atomic mass is 16.3. The Balaban J connectivity index is 3.37. The van der Waals surface area contributed by atoms with Crippen molar-refractivity contribution in [2.24, 2.45) is 0 Å². The summed E-state index contributed by atoms with van der Waals surface area (Å²) in [6.45, 7) is 3.24. The first kappa shape index (κ1) is 9.98. The number of allylic oxidation sites excluding steroid dienone is 1. The lowest BCUT2D eigenvalue weighted by Crippen LogP contribution is -1.96. The molecule has 0 aliphatic carbocycles. The molecule has 1 aromatic carbocycles. The van der Waals surface area contributed by atoms with Gasteiger partial charge in [0.2, 0.25) is 0 Å². The van der Waals surface area contributed by atoms with Crippen molar-refractivity contribution in [1.29, 1.82) is 0 Å². The molecule has 4 heteroatoms. The van der Waals surface area contributed by atoms with Gasteiger partial charge in [-0.15, -0.1) is 0 Å². The lowest BCUT2D eigenvalue weighted by Gasteiger charge is -2.03. The Morgan fingerprint density at radius 3 is 2.43 bits per heavy atom. The van der Waals surface area contributed by atoms with E-state index in [0.29, 0.717) is 6.29 Å². The predicted octanol–water partition coefficient (Wildman–Crippen LogP) is 1.28. The number of aromatic hydroxyl groups is 2. The van der Waals surface area contributed by atoms with Crippen LogP contribution >= 0.6 is 0 Å². The van der Waals surface area contributed by atoms with Gasteiger partial charge in [-0.25, -0.2) is 0 Å². The molecule has 14 heavy (non-hydrogen) atoms. The largest absolute Gasteiger partial charge is 0.507 e. The first-order valence-corrected chi connectivity index (χ1v) is 3.78. The van der Waals surface area contributed by atoms with Crippen molar-refractivity contribution in [3.63, 3.8) is 0 Å². The van der Waals surface area contributed by atoms with Crippen molar-refractivity contribution >= 4 is 12.1 Å². The van der Waals surface area contributed by atoms with Crippen molar-refractivity contribution in [2.75, 3.05) is 0 Å². The van der Waals surface area contributed by atoms with Crippen LogP contribution in [0.4, 0.5) is 0 Å². The van der Waals surface area contributed by atoms with Crippen LogP contribution < -0.4 is 0 Å². The quantitative estimate of drug-likeness (QED) is 0.429. The third-order valence-electron chi connectivity index (χ3n) is 1.72. The summed E-state index contributed by atoms with van der Waals surface area (Å²) < 4.78 is 0. The zero-order chi connectivity index (χ0) is 10.7. The van der Waals surface area contributed by atoms with Gasteiger partial charge in [-0.3, -0.25) is 9.59 Å². The molecule has 0 heterocycles. The SMILES string of the molecule is C=CC(=O)c1cc(C=O)c(O)cc1O. The van der Waals surface area contributed by atoms with E-state index in [1.807, 2.05) is 0 Å². The van der Waals surface area contributed by atoms with Gasteiger partial charge < -0.3 is 10.2 Å². The molecule has 0 unspecified atom stereocenters. The molecular weight excluding hydrogens is 184 g/mol. The number of benzene rings is 1. The second-order valence-corrected chi connectivity index (χ2v) is 2.61. The van der Waals surface area contributed by atoms with Crippen LogP contribution in [0, 0.1) is 0 Å². The van der Waals surface area contributed by atoms with E-state index in [1.54, 1.807) is 0 Å². The van der Waals surface area contributed by atoms with E-state index < -0.39 is 5.78 Å². The zero-order valence-corrected chi connectivity index (χ0v) is 7.23. The summed E-state index contributed by atoms with van der Waals surface area (Å²) >= 11 is 0. The average Bonchev–Trinajstić information content (AvgIpc) is 2.17. The second kappa shape index (κ2) is 3.74. The molecule has 0 radical (unpaired) electrons. The Hall–Kier alpha value is -2.10. The minimum atomic E-state index is -0.509. The number of carbonyl (C=O) groups excluding carboxylic acids is 2. The van der Waals surface area contributed by atoms with Crippen LogP contribution in [0.3, 0.4) is 0 Å². The van der Waals surface area contributed by atoms with Crippen LogP contribution in [0.5, 0.6) is 11.5 Å². The van der Waals surface area contributed by atoms with Gasteiger partial charge in [-0.2, -0.15) is 0 Å². The molecule has 1 aromatic rings. The molecule has 0 fully saturated rings. The van der Waals surface area contributed by atoms with Crippen LogP contribution in [0.2, 0.25) is 0 Å². The van der Waals surface area contributed by atoms with E-state index in [2.05, 4.69) is 6.58 Å². The Bertz CT molecular complexity index is 407. The van der Waals surface area contributed by atoms with E-state index in [0.717, 1.165) is 18.2 Å². The van der Waals surface area contributed by atoms with Gasteiger partial charge in [0, 0.05) is 6.07 Å². The summed E-state index contributed by atoms with van der Waals surface area (Å²) in [6.07, 6.45) is 1.41. The van der Waals surface area contributed by atoms with Crippen molar-refractivity contribution in [3.8, 4) is 11.5 Å². The average molecular weight is 192 g/mol. The lowest BCUT2D eigenvalue weighted by atomic mass is 10.1. The number of ketones is 1. The Labute approximate surface area is 80.1 Å². The zero-order valence-electron chi connectivity index (χ0n) is 7.23. The van der Waals surface area contributed by atoms with Gasteiger partial charge in [-0.05, 0) is 12.1 Å². The molecule has 0 amide bonds. The Morgan fingerprint density at radius 1 is 1.29 bits per heavy atom. The molecule has 0 bridgehead atoms. The lowest BCUT2D eigenvalue weighted by molar-refractivity contribution is 0.104. The standard InChI is InChI=1S/C10H8O4/c1-2-8(12)7-3-6(5-11)9(13)4-10(7)14/h2-5,13-14H,1H2. The number of aldehydes is 1. The molecule has 72 valence electrons. The molecular formula is C10H8O4. The van der Waals surface area contributed by atoms with Crippen molar-refractivity contribution in [2.45, 2.75) is 0 Å². The summed E-state index contributed by atoms with van der Waals surface area (Å²) in [5, 5.41) is 18.4. The maximum Gasteiger partial charge on any atom is 0.188 e. The van der Waals surface area contributed by atoms with Crippen molar-refractivity contribution in [3.05, 3.63) is 35.9 Å². The van der Waals surface area contributed by atoms with E-state index in [1.165, 1.54) is 0 Å². The van der Waals surface area contributed by atoms with E-state index >= 15 is 0 Å². The molecule has 0 atom stereocenters. The van der Waals surface area contributed by atoms with Crippen LogP contribution in [-0.2, 0) is 0 Å². The molecule has 0 saturated carbocycles. The molecule has 0 aliphatic rings. The van der Waals surface area contributed by atoms with Crippen LogP contribution in [-0.4, -0.2) is 22.3 Å². The summed E-state index contributed by atoms with van der Waals surface area (Å²) in [5.74, 6) is -1.25. The van der Waals surface area contributed by atoms with Crippen LogP contribution in [0.25, 0.3) is 0 Å². The molecule has 0 spiro atoms. The summed E-state index contributed by atoms with van der Waals surface area (Å²) in [6, 6.07) is 2.06. The van der Waals surface area contributed by atoms with Gasteiger partial charge >= 0.3 is 0 Å². The number of phenolic OH excluding ortho intramolecular Hbond substituents is 2. The smallest absolute Gasteiger partial charge is 0.188 e. The number of hydrogen-bond donors (Lipinski definition) is 2. The van der Waals surface area contributed by atoms with Gasteiger partial charge in [0.25, 0.3) is 0 Å². The Morgan fingerprint density at radius 2 is 1.93 bits per heavy atom. The second-order valence-electron chi connectivity index (χ2n) is 2.61. The first-order valence-electron chi connectivity index (χ1n) is 3.78. The number of rotatable bonds is 3. The van der Waals surface area contributed by atoms with Crippen LogP contribution in [0.1, 0.15) is 20.7 Å². The third-order valence-corrected chi connectivity index (χ3v) is 1.72. The Kier molecular flexibility index (Phi) is 2.67. The van der Waals surface area contributed by atoms with Crippen molar-refractivity contribution < 1.29 is 19.8 Å². The maximum absolute atomic E-state index is 11.1. The fourth-order valence-corrected chi connectivity index (χ4v) is 0.996. The van der Waals surface area contributed by atoms with Gasteiger partial charge in [-0.1, -0.05) is 6.58 Å². The number of hydrogen-bond acceptors (Lipinski definition) is 4. The summed E-state index contributed by atoms with van der Waals surface area (Å²) in [7, 11) is 0. The molecule has 4 nitrogen and oxygen atoms in total.